The molecular formula is C18H13BrCl2N2O3. The van der Waals surface area contributed by atoms with Crippen LogP contribution in [0.3, 0.4) is 0 Å². The van der Waals surface area contributed by atoms with Crippen LogP contribution in [0.5, 0.6) is 5.75 Å². The van der Waals surface area contributed by atoms with E-state index >= 15 is 0 Å². The van der Waals surface area contributed by atoms with Crippen LogP contribution >= 0.6 is 39.1 Å². The Kier molecular flexibility index (Phi) is 5.55. The molecule has 0 atom stereocenters. The predicted molar refractivity (Wildman–Crippen MR) is 107 cm³/mol. The highest BCUT2D eigenvalue weighted by Crippen LogP contribution is 2.34. The zero-order valence-electron chi connectivity index (χ0n) is 13.5. The Morgan fingerprint density at radius 1 is 1.27 bits per heavy atom. The molecule has 5 nitrogen and oxygen atoms in total. The predicted octanol–water partition coefficient (Wildman–Crippen LogP) is 5.62. The standard InChI is InChI=1S/C18H13BrCl2N2O3/c1-26-14-5-2-9(6-12(14)20)8-22-16-11-7-10(19)3-4-13(11)23-17(21)15(16)18(24)25/h2-7H,8H2,1H3,(H,22,23)(H,24,25). The Labute approximate surface area is 168 Å². The van der Waals surface area contributed by atoms with E-state index in [1.807, 2.05) is 12.1 Å². The van der Waals surface area contributed by atoms with Crippen LogP contribution in [-0.2, 0) is 6.54 Å². The molecule has 134 valence electrons. The SMILES string of the molecule is COc1ccc(CNc2c(C(=O)O)c(Cl)nc3ccc(Br)cc23)cc1Cl. The summed E-state index contributed by atoms with van der Waals surface area (Å²) in [6, 6.07) is 10.7. The molecule has 0 aliphatic carbocycles. The first kappa shape index (κ1) is 18.8. The lowest BCUT2D eigenvalue weighted by atomic mass is 10.1. The average molecular weight is 456 g/mol. The zero-order chi connectivity index (χ0) is 18.8. The van der Waals surface area contributed by atoms with Crippen molar-refractivity contribution in [2.75, 3.05) is 12.4 Å². The van der Waals surface area contributed by atoms with Crippen molar-refractivity contribution < 1.29 is 14.6 Å². The van der Waals surface area contributed by atoms with Crippen LogP contribution in [0.2, 0.25) is 10.2 Å². The Bertz CT molecular complexity index is 1010. The Morgan fingerprint density at radius 3 is 2.69 bits per heavy atom. The monoisotopic (exact) mass is 454 g/mol. The Balaban J connectivity index is 2.05. The summed E-state index contributed by atoms with van der Waals surface area (Å²) in [4.78, 5) is 15.9. The molecule has 1 aromatic heterocycles. The number of anilines is 1. The molecule has 0 saturated carbocycles. The summed E-state index contributed by atoms with van der Waals surface area (Å²) in [6.45, 7) is 0.353. The largest absolute Gasteiger partial charge is 0.495 e. The van der Waals surface area contributed by atoms with Gasteiger partial charge in [0.1, 0.15) is 16.5 Å². The lowest BCUT2D eigenvalue weighted by Crippen LogP contribution is -2.09. The number of aromatic carboxylic acids is 1. The fourth-order valence-electron chi connectivity index (χ4n) is 2.59. The van der Waals surface area contributed by atoms with Crippen LogP contribution in [0.25, 0.3) is 10.9 Å². The summed E-state index contributed by atoms with van der Waals surface area (Å²) in [7, 11) is 1.54. The van der Waals surface area contributed by atoms with Gasteiger partial charge in [-0.25, -0.2) is 9.78 Å². The maximum Gasteiger partial charge on any atom is 0.340 e. The van der Waals surface area contributed by atoms with Gasteiger partial charge in [-0.1, -0.05) is 45.2 Å². The maximum absolute atomic E-state index is 11.7. The smallest absolute Gasteiger partial charge is 0.340 e. The van der Waals surface area contributed by atoms with Crippen molar-refractivity contribution in [1.29, 1.82) is 0 Å². The van der Waals surface area contributed by atoms with Gasteiger partial charge in [-0.3, -0.25) is 0 Å². The molecule has 0 bridgehead atoms. The van der Waals surface area contributed by atoms with E-state index in [1.54, 1.807) is 31.4 Å². The minimum atomic E-state index is -1.15. The van der Waals surface area contributed by atoms with Gasteiger partial charge in [0.15, 0.2) is 0 Å². The highest BCUT2D eigenvalue weighted by atomic mass is 79.9. The molecular weight excluding hydrogens is 443 g/mol. The minimum Gasteiger partial charge on any atom is -0.495 e. The van der Waals surface area contributed by atoms with Crippen LogP contribution in [0.15, 0.2) is 40.9 Å². The molecule has 26 heavy (non-hydrogen) atoms. The van der Waals surface area contributed by atoms with E-state index in [-0.39, 0.29) is 10.7 Å². The van der Waals surface area contributed by atoms with Crippen molar-refractivity contribution in [3.63, 3.8) is 0 Å². The molecule has 2 N–H and O–H groups in total. The third-order valence-electron chi connectivity index (χ3n) is 3.80. The molecule has 0 spiro atoms. The topological polar surface area (TPSA) is 71.5 Å². The summed E-state index contributed by atoms with van der Waals surface area (Å²) >= 11 is 15.7. The van der Waals surface area contributed by atoms with Crippen molar-refractivity contribution in [2.45, 2.75) is 6.54 Å². The number of ether oxygens (including phenoxy) is 1. The third kappa shape index (κ3) is 3.72. The van der Waals surface area contributed by atoms with Crippen LogP contribution in [-0.4, -0.2) is 23.2 Å². The number of carbonyl (C=O) groups is 1. The summed E-state index contributed by atoms with van der Waals surface area (Å²) in [6.07, 6.45) is 0. The molecule has 0 saturated heterocycles. The molecule has 2 aromatic carbocycles. The van der Waals surface area contributed by atoms with Crippen LogP contribution in [0.1, 0.15) is 15.9 Å². The highest BCUT2D eigenvalue weighted by Gasteiger charge is 2.20. The fourth-order valence-corrected chi connectivity index (χ4v) is 3.50. The van der Waals surface area contributed by atoms with E-state index in [0.717, 1.165) is 10.0 Å². The van der Waals surface area contributed by atoms with E-state index in [1.165, 1.54) is 0 Å². The number of pyridine rings is 1. The molecule has 0 aliphatic rings. The second-order valence-electron chi connectivity index (χ2n) is 5.44. The molecule has 3 aromatic rings. The van der Waals surface area contributed by atoms with Gasteiger partial charge in [0, 0.05) is 16.4 Å². The molecule has 0 amide bonds. The number of hydrogen-bond donors (Lipinski definition) is 2. The number of nitrogens with zero attached hydrogens (tertiary/aromatic N) is 1. The van der Waals surface area contributed by atoms with Crippen molar-refractivity contribution in [3.05, 3.63) is 62.2 Å². The van der Waals surface area contributed by atoms with Crippen molar-refractivity contribution in [1.82, 2.24) is 4.98 Å². The fraction of sp³-hybridized carbons (Fsp3) is 0.111. The number of nitrogens with one attached hydrogen (secondary N) is 1. The van der Waals surface area contributed by atoms with E-state index in [9.17, 15) is 9.90 Å². The van der Waals surface area contributed by atoms with Crippen LogP contribution in [0, 0.1) is 0 Å². The summed E-state index contributed by atoms with van der Waals surface area (Å²) in [5.41, 5.74) is 1.79. The van der Waals surface area contributed by atoms with Gasteiger partial charge in [-0.05, 0) is 35.9 Å². The number of fused-ring (bicyclic) bond motifs is 1. The van der Waals surface area contributed by atoms with E-state index in [4.69, 9.17) is 27.9 Å². The lowest BCUT2D eigenvalue weighted by molar-refractivity contribution is 0.0698. The lowest BCUT2D eigenvalue weighted by Gasteiger charge is -2.15. The zero-order valence-corrected chi connectivity index (χ0v) is 16.6. The number of hydrogen-bond acceptors (Lipinski definition) is 4. The van der Waals surface area contributed by atoms with Gasteiger partial charge in [0.25, 0.3) is 0 Å². The average Bonchev–Trinajstić information content (AvgIpc) is 2.59. The second-order valence-corrected chi connectivity index (χ2v) is 7.12. The van der Waals surface area contributed by atoms with Crippen molar-refractivity contribution in [3.8, 4) is 5.75 Å². The first-order valence-electron chi connectivity index (χ1n) is 7.49. The Hall–Kier alpha value is -2.02. The van der Waals surface area contributed by atoms with Crippen LogP contribution in [0.4, 0.5) is 5.69 Å². The van der Waals surface area contributed by atoms with E-state index in [0.29, 0.717) is 33.9 Å². The van der Waals surface area contributed by atoms with Gasteiger partial charge in [-0.15, -0.1) is 0 Å². The first-order valence-corrected chi connectivity index (χ1v) is 9.04. The summed E-state index contributed by atoms with van der Waals surface area (Å²) in [5, 5.41) is 13.8. The Morgan fingerprint density at radius 2 is 2.04 bits per heavy atom. The number of methoxy groups -OCH3 is 1. The number of rotatable bonds is 5. The summed E-state index contributed by atoms with van der Waals surface area (Å²) < 4.78 is 5.95. The van der Waals surface area contributed by atoms with Gasteiger partial charge >= 0.3 is 5.97 Å². The van der Waals surface area contributed by atoms with Crippen LogP contribution < -0.4 is 10.1 Å². The third-order valence-corrected chi connectivity index (χ3v) is 4.86. The molecule has 0 unspecified atom stereocenters. The first-order chi connectivity index (χ1) is 12.4. The van der Waals surface area contributed by atoms with E-state index < -0.39 is 5.97 Å². The van der Waals surface area contributed by atoms with Gasteiger partial charge in [-0.2, -0.15) is 0 Å². The molecule has 0 fully saturated rings. The summed E-state index contributed by atoms with van der Waals surface area (Å²) in [5.74, 6) is -0.581. The molecule has 0 radical (unpaired) electrons. The number of carboxylic acids is 1. The maximum atomic E-state index is 11.7. The quantitative estimate of drug-likeness (QED) is 0.488. The molecule has 0 aliphatic heterocycles. The number of aromatic nitrogens is 1. The second kappa shape index (κ2) is 7.70. The highest BCUT2D eigenvalue weighted by molar-refractivity contribution is 9.10. The van der Waals surface area contributed by atoms with Gasteiger partial charge in [0.05, 0.1) is 23.3 Å². The minimum absolute atomic E-state index is 0.0671. The number of carboxylic acid groups (broad SMARTS) is 1. The van der Waals surface area contributed by atoms with Gasteiger partial charge < -0.3 is 15.2 Å². The van der Waals surface area contributed by atoms with Crippen molar-refractivity contribution in [2.24, 2.45) is 0 Å². The normalized spacial score (nSPS) is 10.8. The molecule has 8 heteroatoms. The molecule has 1 heterocycles. The molecule has 3 rings (SSSR count). The van der Waals surface area contributed by atoms with Gasteiger partial charge in [0.2, 0.25) is 0 Å². The van der Waals surface area contributed by atoms with Crippen molar-refractivity contribution >= 4 is 61.7 Å². The number of halogens is 3. The number of benzene rings is 2. The van der Waals surface area contributed by atoms with E-state index in [2.05, 4.69) is 26.2 Å².